The monoisotopic (exact) mass is 133 g/mol. The summed E-state index contributed by atoms with van der Waals surface area (Å²) in [5.41, 5.74) is 0. The van der Waals surface area contributed by atoms with Gasteiger partial charge >= 0.3 is 0 Å². The van der Waals surface area contributed by atoms with E-state index in [-0.39, 0.29) is 0 Å². The topological polar surface area (TPSA) is 0 Å². The largest absolute Gasteiger partial charge is 0.0845 e. The Labute approximate surface area is 62.9 Å². The lowest BCUT2D eigenvalue weighted by molar-refractivity contribution is 0.851. The molecule has 0 atom stereocenters. The van der Waals surface area contributed by atoms with E-state index in [0.717, 1.165) is 12.8 Å². The van der Waals surface area contributed by atoms with E-state index in [2.05, 4.69) is 36.5 Å². The zero-order chi connectivity index (χ0) is 7.07. The molecule has 0 amide bonds. The summed E-state index contributed by atoms with van der Waals surface area (Å²) in [4.78, 5) is 0. The molecule has 0 aromatic carbocycles. The van der Waals surface area contributed by atoms with Crippen LogP contribution in [-0.4, -0.2) is 0 Å². The number of rotatable bonds is 0. The molecule has 0 N–H and O–H groups in total. The van der Waals surface area contributed by atoms with Crippen molar-refractivity contribution in [1.82, 2.24) is 0 Å². The zero-order valence-corrected chi connectivity index (χ0v) is 6.22. The average molecular weight is 133 g/mol. The highest BCUT2D eigenvalue weighted by Crippen LogP contribution is 2.00. The van der Waals surface area contributed by atoms with Crippen molar-refractivity contribution >= 4 is 0 Å². The first-order valence-corrected chi connectivity index (χ1v) is 3.87. The molecule has 0 aliphatic heterocycles. The highest BCUT2D eigenvalue weighted by atomic mass is 13.9. The Bertz CT molecular complexity index is 149. The summed E-state index contributed by atoms with van der Waals surface area (Å²) >= 11 is 0. The first kappa shape index (κ1) is 7.33. The molecule has 1 rings (SSSR count). The predicted molar refractivity (Wildman–Crippen MR) is 44.6 cm³/mol. The van der Waals surface area contributed by atoms with Crippen molar-refractivity contribution in [3.8, 4) is 0 Å². The van der Waals surface area contributed by atoms with E-state index in [0.29, 0.717) is 0 Å². The molecule has 0 heterocycles. The molecule has 0 bridgehead atoms. The molecule has 0 saturated heterocycles. The molecule has 10 heavy (non-hydrogen) atoms. The van der Waals surface area contributed by atoms with Crippen molar-refractivity contribution in [3.63, 3.8) is 0 Å². The van der Waals surface area contributed by atoms with Crippen LogP contribution in [0.1, 0.15) is 25.7 Å². The fourth-order valence-electron chi connectivity index (χ4n) is 0.907. The SMILES string of the molecule is [C]1=C\C/C=C/C=C\CCC/1. The van der Waals surface area contributed by atoms with Gasteiger partial charge in [-0.05, 0) is 31.8 Å². The summed E-state index contributed by atoms with van der Waals surface area (Å²) < 4.78 is 0. The van der Waals surface area contributed by atoms with Crippen LogP contribution >= 0.6 is 0 Å². The molecule has 0 unspecified atom stereocenters. The molecular formula is C10H13. The third-order valence-corrected chi connectivity index (χ3v) is 1.47. The van der Waals surface area contributed by atoms with Gasteiger partial charge in [0.15, 0.2) is 0 Å². The van der Waals surface area contributed by atoms with Crippen LogP contribution in [-0.2, 0) is 0 Å². The van der Waals surface area contributed by atoms with Crippen molar-refractivity contribution in [2.24, 2.45) is 0 Å². The van der Waals surface area contributed by atoms with Crippen molar-refractivity contribution in [1.29, 1.82) is 0 Å². The summed E-state index contributed by atoms with van der Waals surface area (Å²) in [7, 11) is 0. The van der Waals surface area contributed by atoms with Crippen LogP contribution in [0.25, 0.3) is 0 Å². The Morgan fingerprint density at radius 2 is 2.00 bits per heavy atom. The molecule has 1 radical (unpaired) electrons. The van der Waals surface area contributed by atoms with Crippen LogP contribution < -0.4 is 0 Å². The molecule has 0 spiro atoms. The lowest BCUT2D eigenvalue weighted by Gasteiger charge is -1.90. The Morgan fingerprint density at radius 1 is 1.10 bits per heavy atom. The van der Waals surface area contributed by atoms with Gasteiger partial charge in [0, 0.05) is 0 Å². The molecule has 1 aliphatic carbocycles. The van der Waals surface area contributed by atoms with Gasteiger partial charge in [-0.15, -0.1) is 0 Å². The summed E-state index contributed by atoms with van der Waals surface area (Å²) in [6.45, 7) is 0. The quantitative estimate of drug-likeness (QED) is 0.476. The van der Waals surface area contributed by atoms with Gasteiger partial charge in [-0.2, -0.15) is 0 Å². The second-order valence-electron chi connectivity index (χ2n) is 2.39. The minimum absolute atomic E-state index is 1.03. The van der Waals surface area contributed by atoms with Gasteiger partial charge in [0.2, 0.25) is 0 Å². The van der Waals surface area contributed by atoms with Gasteiger partial charge in [-0.3, -0.25) is 0 Å². The van der Waals surface area contributed by atoms with Crippen molar-refractivity contribution in [2.75, 3.05) is 0 Å². The van der Waals surface area contributed by atoms with E-state index in [1.165, 1.54) is 12.8 Å². The summed E-state index contributed by atoms with van der Waals surface area (Å²) in [6.07, 6.45) is 18.5. The van der Waals surface area contributed by atoms with Crippen LogP contribution in [0.5, 0.6) is 0 Å². The second-order valence-corrected chi connectivity index (χ2v) is 2.39. The molecule has 0 aromatic rings. The summed E-state index contributed by atoms with van der Waals surface area (Å²) in [6, 6.07) is 0. The van der Waals surface area contributed by atoms with Crippen molar-refractivity contribution in [2.45, 2.75) is 25.7 Å². The van der Waals surface area contributed by atoms with E-state index in [4.69, 9.17) is 0 Å². The molecule has 53 valence electrons. The van der Waals surface area contributed by atoms with Crippen LogP contribution in [0, 0.1) is 6.08 Å². The van der Waals surface area contributed by atoms with Gasteiger partial charge in [0.25, 0.3) is 0 Å². The van der Waals surface area contributed by atoms with Crippen LogP contribution in [0.4, 0.5) is 0 Å². The smallest absolute Gasteiger partial charge is 0.0160 e. The fraction of sp³-hybridized carbons (Fsp3) is 0.400. The standard InChI is InChI=1S/C10H13/c1-2-4-6-8-10-9-7-5-3-1/h1-4,7H,5-6,8,10H2/b3-1+,4-2-,9-7?. The maximum absolute atomic E-state index is 3.24. The minimum atomic E-state index is 1.03. The van der Waals surface area contributed by atoms with Crippen LogP contribution in [0.2, 0.25) is 0 Å². The Morgan fingerprint density at radius 3 is 3.00 bits per heavy atom. The second kappa shape index (κ2) is 5.04. The van der Waals surface area contributed by atoms with Crippen LogP contribution in [0.15, 0.2) is 30.4 Å². The summed E-state index contributed by atoms with van der Waals surface area (Å²) in [5, 5.41) is 0. The first-order chi connectivity index (χ1) is 5.00. The molecule has 0 nitrogen and oxygen atoms in total. The first-order valence-electron chi connectivity index (χ1n) is 3.87. The summed E-state index contributed by atoms with van der Waals surface area (Å²) in [5.74, 6) is 0. The number of hydrogen-bond acceptors (Lipinski definition) is 0. The highest BCUT2D eigenvalue weighted by Gasteiger charge is 1.81. The Kier molecular flexibility index (Phi) is 3.69. The maximum atomic E-state index is 3.24. The Balaban J connectivity index is 2.38. The molecule has 1 aliphatic rings. The lowest BCUT2D eigenvalue weighted by atomic mass is 10.2. The van der Waals surface area contributed by atoms with Crippen LogP contribution in [0.3, 0.4) is 0 Å². The molecule has 0 aromatic heterocycles. The van der Waals surface area contributed by atoms with E-state index >= 15 is 0 Å². The Hall–Kier alpha value is -0.780. The van der Waals surface area contributed by atoms with Crippen molar-refractivity contribution in [3.05, 3.63) is 36.5 Å². The van der Waals surface area contributed by atoms with Gasteiger partial charge in [0.1, 0.15) is 0 Å². The van der Waals surface area contributed by atoms with E-state index in [1.807, 2.05) is 0 Å². The molecular weight excluding hydrogens is 120 g/mol. The average Bonchev–Trinajstić information content (AvgIpc) is 2.01. The predicted octanol–water partition coefficient (Wildman–Crippen LogP) is 3.03. The van der Waals surface area contributed by atoms with E-state index < -0.39 is 0 Å². The zero-order valence-electron chi connectivity index (χ0n) is 6.22. The van der Waals surface area contributed by atoms with Crippen molar-refractivity contribution < 1.29 is 0 Å². The normalized spacial score (nSPS) is 28.8. The van der Waals surface area contributed by atoms with E-state index in [9.17, 15) is 0 Å². The fourth-order valence-corrected chi connectivity index (χ4v) is 0.907. The third kappa shape index (κ3) is 3.29. The highest BCUT2D eigenvalue weighted by molar-refractivity contribution is 5.04. The number of hydrogen-bond donors (Lipinski definition) is 0. The molecule has 0 saturated carbocycles. The van der Waals surface area contributed by atoms with Gasteiger partial charge < -0.3 is 0 Å². The third-order valence-electron chi connectivity index (χ3n) is 1.47. The lowest BCUT2D eigenvalue weighted by Crippen LogP contribution is -1.71. The number of allylic oxidation sites excluding steroid dienone is 6. The van der Waals surface area contributed by atoms with Gasteiger partial charge in [0.05, 0.1) is 0 Å². The molecule has 0 fully saturated rings. The van der Waals surface area contributed by atoms with E-state index in [1.54, 1.807) is 0 Å². The van der Waals surface area contributed by atoms with Gasteiger partial charge in [-0.1, -0.05) is 30.4 Å². The maximum Gasteiger partial charge on any atom is -0.0160 e. The minimum Gasteiger partial charge on any atom is -0.0845 e. The molecule has 0 heteroatoms. The van der Waals surface area contributed by atoms with Gasteiger partial charge in [-0.25, -0.2) is 0 Å².